The second-order valence-corrected chi connectivity index (χ2v) is 6.52. The standard InChI is InChI=1S/C18H15N3O2S/c1-10-6-11-8-16(23-3)20-21-17(11)13(7-10)18-19-14-9-12(22-2)4-5-15(14)24-18/h4-9H,1-3H3. The molecule has 2 aromatic carbocycles. The molecule has 4 rings (SSSR count). The summed E-state index contributed by atoms with van der Waals surface area (Å²) in [5.41, 5.74) is 3.88. The van der Waals surface area contributed by atoms with Gasteiger partial charge in [-0.3, -0.25) is 0 Å². The number of rotatable bonds is 3. The number of thiazole rings is 1. The molecule has 2 heterocycles. The zero-order valence-electron chi connectivity index (χ0n) is 13.5. The lowest BCUT2D eigenvalue weighted by molar-refractivity contribution is 0.393. The molecule has 0 bridgehead atoms. The maximum atomic E-state index is 5.28. The normalized spacial score (nSPS) is 11.1. The summed E-state index contributed by atoms with van der Waals surface area (Å²) in [6.45, 7) is 2.06. The van der Waals surface area contributed by atoms with Gasteiger partial charge in [0.2, 0.25) is 5.88 Å². The molecule has 6 heteroatoms. The van der Waals surface area contributed by atoms with E-state index in [4.69, 9.17) is 14.5 Å². The molecule has 120 valence electrons. The minimum Gasteiger partial charge on any atom is -0.497 e. The highest BCUT2D eigenvalue weighted by Gasteiger charge is 2.13. The first-order valence-electron chi connectivity index (χ1n) is 7.45. The Balaban J connectivity index is 1.95. The van der Waals surface area contributed by atoms with Crippen molar-refractivity contribution in [3.05, 3.63) is 42.0 Å². The zero-order valence-corrected chi connectivity index (χ0v) is 14.3. The third-order valence-corrected chi connectivity index (χ3v) is 4.92. The van der Waals surface area contributed by atoms with E-state index in [1.807, 2.05) is 24.3 Å². The summed E-state index contributed by atoms with van der Waals surface area (Å²) < 4.78 is 11.6. The Labute approximate surface area is 142 Å². The van der Waals surface area contributed by atoms with Crippen molar-refractivity contribution in [3.8, 4) is 22.2 Å². The van der Waals surface area contributed by atoms with Gasteiger partial charge in [-0.1, -0.05) is 0 Å². The van der Waals surface area contributed by atoms with Crippen molar-refractivity contribution in [2.24, 2.45) is 0 Å². The van der Waals surface area contributed by atoms with Gasteiger partial charge in [-0.2, -0.15) is 0 Å². The van der Waals surface area contributed by atoms with E-state index in [-0.39, 0.29) is 0 Å². The van der Waals surface area contributed by atoms with E-state index in [1.54, 1.807) is 25.6 Å². The first-order chi connectivity index (χ1) is 11.7. The first-order valence-corrected chi connectivity index (χ1v) is 8.26. The van der Waals surface area contributed by atoms with Gasteiger partial charge < -0.3 is 9.47 Å². The molecule has 0 saturated carbocycles. The number of ether oxygens (including phenoxy) is 2. The molecular formula is C18H15N3O2S. The van der Waals surface area contributed by atoms with Crippen LogP contribution in [-0.4, -0.2) is 29.4 Å². The summed E-state index contributed by atoms with van der Waals surface area (Å²) in [6.07, 6.45) is 0. The lowest BCUT2D eigenvalue weighted by atomic mass is 10.1. The van der Waals surface area contributed by atoms with E-state index >= 15 is 0 Å². The van der Waals surface area contributed by atoms with Crippen LogP contribution in [0.3, 0.4) is 0 Å². The van der Waals surface area contributed by atoms with Crippen LogP contribution in [0.4, 0.5) is 0 Å². The number of methoxy groups -OCH3 is 2. The van der Waals surface area contributed by atoms with Crippen LogP contribution < -0.4 is 9.47 Å². The van der Waals surface area contributed by atoms with Gasteiger partial charge in [-0.15, -0.1) is 21.5 Å². The first kappa shape index (κ1) is 14.8. The fraction of sp³-hybridized carbons (Fsp3) is 0.167. The number of aryl methyl sites for hydroxylation is 1. The van der Waals surface area contributed by atoms with Crippen LogP contribution >= 0.6 is 11.3 Å². The van der Waals surface area contributed by atoms with Crippen LogP contribution in [0.25, 0.3) is 31.7 Å². The van der Waals surface area contributed by atoms with Gasteiger partial charge in [0.15, 0.2) is 0 Å². The molecule has 0 aliphatic rings. The fourth-order valence-corrected chi connectivity index (χ4v) is 3.66. The van der Waals surface area contributed by atoms with Crippen LogP contribution in [0.15, 0.2) is 36.4 Å². The molecule has 0 N–H and O–H groups in total. The maximum Gasteiger partial charge on any atom is 0.233 e. The Morgan fingerprint density at radius 3 is 2.62 bits per heavy atom. The highest BCUT2D eigenvalue weighted by atomic mass is 32.1. The Bertz CT molecular complexity index is 1060. The van der Waals surface area contributed by atoms with E-state index in [9.17, 15) is 0 Å². The predicted molar refractivity (Wildman–Crippen MR) is 96.0 cm³/mol. The van der Waals surface area contributed by atoms with Crippen LogP contribution in [0.2, 0.25) is 0 Å². The summed E-state index contributed by atoms with van der Waals surface area (Å²) >= 11 is 1.64. The Morgan fingerprint density at radius 1 is 0.958 bits per heavy atom. The summed E-state index contributed by atoms with van der Waals surface area (Å²) in [7, 11) is 3.25. The molecule has 0 fully saturated rings. The van der Waals surface area contributed by atoms with E-state index in [0.29, 0.717) is 5.88 Å². The molecule has 0 amide bonds. The molecule has 24 heavy (non-hydrogen) atoms. The van der Waals surface area contributed by atoms with E-state index < -0.39 is 0 Å². The number of hydrogen-bond acceptors (Lipinski definition) is 6. The molecule has 0 atom stereocenters. The number of hydrogen-bond donors (Lipinski definition) is 0. The Hall–Kier alpha value is -2.73. The number of fused-ring (bicyclic) bond motifs is 2. The lowest BCUT2D eigenvalue weighted by Crippen LogP contribution is -1.93. The van der Waals surface area contributed by atoms with E-state index in [1.165, 1.54) is 0 Å². The second-order valence-electron chi connectivity index (χ2n) is 5.49. The van der Waals surface area contributed by atoms with Crippen molar-refractivity contribution in [2.45, 2.75) is 6.92 Å². The quantitative estimate of drug-likeness (QED) is 0.560. The summed E-state index contributed by atoms with van der Waals surface area (Å²) in [4.78, 5) is 4.76. The molecule has 0 unspecified atom stereocenters. The van der Waals surface area contributed by atoms with Gasteiger partial charge >= 0.3 is 0 Å². The number of nitrogens with zero attached hydrogens (tertiary/aromatic N) is 3. The topological polar surface area (TPSA) is 57.1 Å². The molecule has 0 aliphatic carbocycles. The smallest absolute Gasteiger partial charge is 0.233 e. The minimum absolute atomic E-state index is 0.507. The van der Waals surface area contributed by atoms with Crippen LogP contribution in [0, 0.1) is 6.92 Å². The molecule has 0 radical (unpaired) electrons. The predicted octanol–water partition coefficient (Wildman–Crippen LogP) is 4.23. The van der Waals surface area contributed by atoms with Crippen molar-refractivity contribution in [2.75, 3.05) is 14.2 Å². The number of benzene rings is 2. The number of aromatic nitrogens is 3. The van der Waals surface area contributed by atoms with E-state index in [2.05, 4.69) is 29.3 Å². The van der Waals surface area contributed by atoms with Crippen LogP contribution in [0.1, 0.15) is 5.56 Å². The molecule has 5 nitrogen and oxygen atoms in total. The van der Waals surface area contributed by atoms with Crippen molar-refractivity contribution < 1.29 is 9.47 Å². The highest BCUT2D eigenvalue weighted by molar-refractivity contribution is 7.21. The van der Waals surface area contributed by atoms with Crippen molar-refractivity contribution in [1.82, 2.24) is 15.2 Å². The fourth-order valence-electron chi connectivity index (χ4n) is 2.70. The van der Waals surface area contributed by atoms with Gasteiger partial charge in [-0.25, -0.2) is 4.98 Å². The van der Waals surface area contributed by atoms with Gasteiger partial charge in [0.25, 0.3) is 0 Å². The Morgan fingerprint density at radius 2 is 1.83 bits per heavy atom. The van der Waals surface area contributed by atoms with E-state index in [0.717, 1.165) is 43.0 Å². The summed E-state index contributed by atoms with van der Waals surface area (Å²) in [6, 6.07) is 12.0. The highest BCUT2D eigenvalue weighted by Crippen LogP contribution is 2.36. The van der Waals surface area contributed by atoms with Crippen LogP contribution in [0.5, 0.6) is 11.6 Å². The SMILES string of the molecule is COc1ccc2sc(-c3cc(C)cc4cc(OC)nnc34)nc2c1. The third-order valence-electron chi connectivity index (χ3n) is 3.85. The molecule has 4 aromatic rings. The monoisotopic (exact) mass is 337 g/mol. The third kappa shape index (κ3) is 2.45. The van der Waals surface area contributed by atoms with Crippen molar-refractivity contribution in [1.29, 1.82) is 0 Å². The zero-order chi connectivity index (χ0) is 16.7. The van der Waals surface area contributed by atoms with Gasteiger partial charge in [0.05, 0.1) is 24.4 Å². The molecular weight excluding hydrogens is 322 g/mol. The minimum atomic E-state index is 0.507. The maximum absolute atomic E-state index is 5.28. The van der Waals surface area contributed by atoms with Gasteiger partial charge in [0, 0.05) is 23.1 Å². The van der Waals surface area contributed by atoms with Gasteiger partial charge in [-0.05, 0) is 36.8 Å². The molecule has 2 aromatic heterocycles. The van der Waals surface area contributed by atoms with Crippen molar-refractivity contribution >= 4 is 32.5 Å². The van der Waals surface area contributed by atoms with Gasteiger partial charge in [0.1, 0.15) is 16.3 Å². The molecule has 0 spiro atoms. The summed E-state index contributed by atoms with van der Waals surface area (Å²) in [5.74, 6) is 1.31. The summed E-state index contributed by atoms with van der Waals surface area (Å²) in [5, 5.41) is 10.4. The average molecular weight is 337 g/mol. The largest absolute Gasteiger partial charge is 0.497 e. The molecule has 0 aliphatic heterocycles. The molecule has 0 saturated heterocycles. The van der Waals surface area contributed by atoms with Crippen molar-refractivity contribution in [3.63, 3.8) is 0 Å². The average Bonchev–Trinajstić information content (AvgIpc) is 3.03. The van der Waals surface area contributed by atoms with Crippen LogP contribution in [-0.2, 0) is 0 Å². The lowest BCUT2D eigenvalue weighted by Gasteiger charge is -2.06. The second kappa shape index (κ2) is 5.72. The Kier molecular flexibility index (Phi) is 3.54.